The summed E-state index contributed by atoms with van der Waals surface area (Å²) in [6.07, 6.45) is 4.89. The first-order valence-electron chi connectivity index (χ1n) is 4.72. The van der Waals surface area contributed by atoms with Crippen molar-refractivity contribution in [3.8, 4) is 0 Å². The predicted molar refractivity (Wildman–Crippen MR) is 61.1 cm³/mol. The molecule has 1 aromatic carbocycles. The minimum absolute atomic E-state index is 0.651. The first kappa shape index (κ1) is 10.7. The minimum atomic E-state index is 0.651. The van der Waals surface area contributed by atoms with Crippen LogP contribution in [0.3, 0.4) is 0 Å². The van der Waals surface area contributed by atoms with E-state index in [1.54, 1.807) is 7.11 Å². The Balaban J connectivity index is 2.82. The van der Waals surface area contributed by atoms with Gasteiger partial charge in [0, 0.05) is 7.11 Å². The molecule has 0 amide bonds. The molecule has 0 atom stereocenters. The molecular weight excluding hydrogens is 172 g/mol. The van der Waals surface area contributed by atoms with Crippen LogP contribution < -0.4 is 0 Å². The summed E-state index contributed by atoms with van der Waals surface area (Å²) in [5.41, 5.74) is 2.51. The van der Waals surface area contributed by atoms with Gasteiger partial charge in [-0.05, 0) is 17.6 Å². The zero-order valence-electron chi connectivity index (χ0n) is 8.57. The van der Waals surface area contributed by atoms with Gasteiger partial charge < -0.3 is 4.74 Å². The molecule has 1 nitrogen and oxygen atoms in total. The lowest BCUT2D eigenvalue weighted by molar-refractivity contribution is 0.234. The topological polar surface area (TPSA) is 9.23 Å². The maximum absolute atomic E-state index is 5.03. The molecule has 1 heteroatoms. The van der Waals surface area contributed by atoms with Gasteiger partial charge in [-0.25, -0.2) is 0 Å². The molecule has 0 aliphatic rings. The summed E-state index contributed by atoms with van der Waals surface area (Å²) in [6, 6.07) is 10.3. The van der Waals surface area contributed by atoms with Crippen molar-refractivity contribution in [3.63, 3.8) is 0 Å². The number of rotatable bonds is 5. The Kier molecular flexibility index (Phi) is 4.73. The van der Waals surface area contributed by atoms with Crippen molar-refractivity contribution in [2.24, 2.45) is 0 Å². The normalized spacial score (nSPS) is 11.4. The molecule has 0 spiro atoms. The van der Waals surface area contributed by atoms with Crippen LogP contribution in [-0.4, -0.2) is 13.7 Å². The van der Waals surface area contributed by atoms with E-state index in [2.05, 4.69) is 24.8 Å². The van der Waals surface area contributed by atoms with Gasteiger partial charge in [0.1, 0.15) is 0 Å². The molecular formula is C13H16O. The molecule has 74 valence electrons. The Bertz CT molecular complexity index is 298. The van der Waals surface area contributed by atoms with E-state index in [1.165, 1.54) is 11.1 Å². The fraction of sp³-hybridized carbons (Fsp3) is 0.231. The van der Waals surface area contributed by atoms with Crippen LogP contribution in [0.5, 0.6) is 0 Å². The number of allylic oxidation sites excluding steroid dienone is 2. The first-order chi connectivity index (χ1) is 6.88. The molecule has 0 saturated heterocycles. The summed E-state index contributed by atoms with van der Waals surface area (Å²) in [6.45, 7) is 4.40. The monoisotopic (exact) mass is 188 g/mol. The molecule has 0 aliphatic carbocycles. The number of methoxy groups -OCH3 is 1. The van der Waals surface area contributed by atoms with E-state index in [0.717, 1.165) is 6.42 Å². The molecule has 0 aromatic heterocycles. The quantitative estimate of drug-likeness (QED) is 0.644. The number of hydrogen-bond donors (Lipinski definition) is 0. The van der Waals surface area contributed by atoms with E-state index in [9.17, 15) is 0 Å². The van der Waals surface area contributed by atoms with Gasteiger partial charge in [0.15, 0.2) is 0 Å². The van der Waals surface area contributed by atoms with Crippen molar-refractivity contribution in [1.29, 1.82) is 0 Å². The van der Waals surface area contributed by atoms with Crippen molar-refractivity contribution >= 4 is 5.57 Å². The summed E-state index contributed by atoms with van der Waals surface area (Å²) in [5, 5.41) is 0. The van der Waals surface area contributed by atoms with Gasteiger partial charge in [-0.1, -0.05) is 42.5 Å². The summed E-state index contributed by atoms with van der Waals surface area (Å²) in [7, 11) is 1.70. The van der Waals surface area contributed by atoms with Gasteiger partial charge in [-0.15, -0.1) is 6.58 Å². The summed E-state index contributed by atoms with van der Waals surface area (Å²) in [5.74, 6) is 0. The smallest absolute Gasteiger partial charge is 0.0649 e. The van der Waals surface area contributed by atoms with Crippen LogP contribution in [0.4, 0.5) is 0 Å². The minimum Gasteiger partial charge on any atom is -0.381 e. The van der Waals surface area contributed by atoms with Gasteiger partial charge in [0.05, 0.1) is 6.61 Å². The molecule has 14 heavy (non-hydrogen) atoms. The SMILES string of the molecule is C=CC/C(=C/COC)c1ccccc1. The lowest BCUT2D eigenvalue weighted by atomic mass is 10.0. The zero-order valence-corrected chi connectivity index (χ0v) is 8.57. The summed E-state index contributed by atoms with van der Waals surface area (Å²) < 4.78 is 5.03. The summed E-state index contributed by atoms with van der Waals surface area (Å²) >= 11 is 0. The molecule has 0 bridgehead atoms. The van der Waals surface area contributed by atoms with Gasteiger partial charge in [-0.3, -0.25) is 0 Å². The highest BCUT2D eigenvalue weighted by molar-refractivity contribution is 5.66. The van der Waals surface area contributed by atoms with E-state index < -0.39 is 0 Å². The van der Waals surface area contributed by atoms with Crippen LogP contribution in [0, 0.1) is 0 Å². The van der Waals surface area contributed by atoms with Gasteiger partial charge in [0.25, 0.3) is 0 Å². The highest BCUT2D eigenvalue weighted by Crippen LogP contribution is 2.17. The van der Waals surface area contributed by atoms with Crippen molar-refractivity contribution < 1.29 is 4.74 Å². The second kappa shape index (κ2) is 6.17. The Labute approximate surface area is 85.7 Å². The average Bonchev–Trinajstić information content (AvgIpc) is 2.25. The maximum atomic E-state index is 5.03. The standard InChI is InChI=1S/C13H16O/c1-3-7-12(10-11-14-2)13-8-5-4-6-9-13/h3-6,8-10H,1,7,11H2,2H3/b12-10-. The van der Waals surface area contributed by atoms with Crippen LogP contribution in [0.25, 0.3) is 5.57 Å². The largest absolute Gasteiger partial charge is 0.381 e. The van der Waals surface area contributed by atoms with Crippen molar-refractivity contribution in [2.75, 3.05) is 13.7 Å². The number of hydrogen-bond acceptors (Lipinski definition) is 1. The lowest BCUT2D eigenvalue weighted by Crippen LogP contribution is -1.88. The van der Waals surface area contributed by atoms with E-state index >= 15 is 0 Å². The van der Waals surface area contributed by atoms with Crippen LogP contribution in [0.2, 0.25) is 0 Å². The van der Waals surface area contributed by atoms with Crippen LogP contribution >= 0.6 is 0 Å². The highest BCUT2D eigenvalue weighted by Gasteiger charge is 1.97. The Morgan fingerprint density at radius 1 is 1.36 bits per heavy atom. The third-order valence-electron chi connectivity index (χ3n) is 2.01. The molecule has 0 saturated carbocycles. The maximum Gasteiger partial charge on any atom is 0.0649 e. The van der Waals surface area contributed by atoms with Crippen LogP contribution in [0.1, 0.15) is 12.0 Å². The Morgan fingerprint density at radius 3 is 2.64 bits per heavy atom. The van der Waals surface area contributed by atoms with E-state index in [4.69, 9.17) is 4.74 Å². The average molecular weight is 188 g/mol. The number of ether oxygens (including phenoxy) is 1. The van der Waals surface area contributed by atoms with Gasteiger partial charge in [0.2, 0.25) is 0 Å². The molecule has 0 fully saturated rings. The van der Waals surface area contributed by atoms with Crippen LogP contribution in [-0.2, 0) is 4.74 Å². The van der Waals surface area contributed by atoms with Crippen molar-refractivity contribution in [1.82, 2.24) is 0 Å². The highest BCUT2D eigenvalue weighted by atomic mass is 16.5. The molecule has 1 aromatic rings. The number of benzene rings is 1. The molecule has 0 heterocycles. The van der Waals surface area contributed by atoms with Gasteiger partial charge >= 0.3 is 0 Å². The van der Waals surface area contributed by atoms with Crippen molar-refractivity contribution in [2.45, 2.75) is 6.42 Å². The fourth-order valence-electron chi connectivity index (χ4n) is 1.31. The third-order valence-corrected chi connectivity index (χ3v) is 2.01. The van der Waals surface area contributed by atoms with E-state index in [-0.39, 0.29) is 0 Å². The molecule has 0 N–H and O–H groups in total. The second-order valence-electron chi connectivity index (χ2n) is 3.04. The molecule has 0 radical (unpaired) electrons. The van der Waals surface area contributed by atoms with Gasteiger partial charge in [-0.2, -0.15) is 0 Å². The second-order valence-corrected chi connectivity index (χ2v) is 3.04. The molecule has 0 aliphatic heterocycles. The molecule has 1 rings (SSSR count). The first-order valence-corrected chi connectivity index (χ1v) is 4.72. The Hall–Kier alpha value is -1.34. The lowest BCUT2D eigenvalue weighted by Gasteiger charge is -2.04. The van der Waals surface area contributed by atoms with E-state index in [0.29, 0.717) is 6.61 Å². The Morgan fingerprint density at radius 2 is 2.07 bits per heavy atom. The third kappa shape index (κ3) is 3.19. The van der Waals surface area contributed by atoms with Crippen molar-refractivity contribution in [3.05, 3.63) is 54.6 Å². The molecule has 0 unspecified atom stereocenters. The van der Waals surface area contributed by atoms with E-state index in [1.807, 2.05) is 24.3 Å². The predicted octanol–water partition coefficient (Wildman–Crippen LogP) is 3.29. The summed E-state index contributed by atoms with van der Waals surface area (Å²) in [4.78, 5) is 0. The fourth-order valence-corrected chi connectivity index (χ4v) is 1.31. The van der Waals surface area contributed by atoms with Crippen LogP contribution in [0.15, 0.2) is 49.1 Å². The zero-order chi connectivity index (χ0) is 10.2.